The molecule has 8 nitrogen and oxygen atoms in total. The fraction of sp³-hybridized carbons (Fsp3) is 0.444. The van der Waals surface area contributed by atoms with E-state index < -0.39 is 20.3 Å². The third kappa shape index (κ3) is 6.70. The van der Waals surface area contributed by atoms with Crippen LogP contribution in [0.2, 0.25) is 18.1 Å². The predicted octanol–water partition coefficient (Wildman–Crippen LogP) is 3.97. The Labute approximate surface area is 158 Å². The Morgan fingerprint density at radius 1 is 1.00 bits per heavy atom. The molecule has 0 aliphatic carbocycles. The van der Waals surface area contributed by atoms with Gasteiger partial charge in [-0.2, -0.15) is 0 Å². The second-order valence-corrected chi connectivity index (χ2v) is 12.3. The topological polar surface area (TPSA) is 130 Å². The van der Waals surface area contributed by atoms with Crippen LogP contribution in [0.25, 0.3) is 0 Å². The maximum Gasteiger partial charge on any atom is 0.371 e. The number of carboxylic acid groups (broad SMARTS) is 2. The van der Waals surface area contributed by atoms with E-state index in [1.54, 1.807) is 0 Å². The molecule has 0 aromatic carbocycles. The van der Waals surface area contributed by atoms with Crippen molar-refractivity contribution < 1.29 is 38.2 Å². The van der Waals surface area contributed by atoms with Crippen molar-refractivity contribution in [3.63, 3.8) is 0 Å². The second-order valence-electron chi connectivity index (χ2n) is 7.46. The summed E-state index contributed by atoms with van der Waals surface area (Å²) in [5, 5.41) is 25.7. The lowest BCUT2D eigenvalue weighted by Gasteiger charge is -2.36. The molecule has 2 aromatic heterocycles. The van der Waals surface area contributed by atoms with Gasteiger partial charge in [0.1, 0.15) is 0 Å². The zero-order chi connectivity index (χ0) is 20.8. The van der Waals surface area contributed by atoms with Gasteiger partial charge in [-0.15, -0.1) is 0 Å². The zero-order valence-corrected chi connectivity index (χ0v) is 17.1. The van der Waals surface area contributed by atoms with Gasteiger partial charge in [0.25, 0.3) is 0 Å². The Hall–Kier alpha value is -2.36. The molecule has 0 unspecified atom stereocenters. The molecule has 150 valence electrons. The van der Waals surface area contributed by atoms with E-state index in [0.717, 1.165) is 5.56 Å². The first kappa shape index (κ1) is 22.7. The summed E-state index contributed by atoms with van der Waals surface area (Å²) < 4.78 is 15.4. The number of carboxylic acids is 2. The van der Waals surface area contributed by atoms with Gasteiger partial charge in [-0.3, -0.25) is 0 Å². The van der Waals surface area contributed by atoms with E-state index in [1.165, 1.54) is 24.7 Å². The van der Waals surface area contributed by atoms with Crippen molar-refractivity contribution in [2.75, 3.05) is 0 Å². The summed E-state index contributed by atoms with van der Waals surface area (Å²) in [6.45, 7) is 11.0. The normalized spacial score (nSPS) is 11.6. The molecule has 0 aliphatic rings. The first-order valence-corrected chi connectivity index (χ1v) is 11.1. The van der Waals surface area contributed by atoms with E-state index in [9.17, 15) is 9.59 Å². The summed E-state index contributed by atoms with van der Waals surface area (Å²) in [4.78, 5) is 20.8. The molecular formula is C18H26O8Si. The number of rotatable bonds is 6. The van der Waals surface area contributed by atoms with Crippen molar-refractivity contribution in [3.05, 3.63) is 47.3 Å². The van der Waals surface area contributed by atoms with Crippen molar-refractivity contribution >= 4 is 20.3 Å². The predicted molar refractivity (Wildman–Crippen MR) is 99.2 cm³/mol. The summed E-state index contributed by atoms with van der Waals surface area (Å²) in [5.41, 5.74) is 1.24. The molecule has 0 saturated carbocycles. The van der Waals surface area contributed by atoms with Crippen LogP contribution in [-0.4, -0.2) is 35.6 Å². The van der Waals surface area contributed by atoms with Crippen molar-refractivity contribution in [1.82, 2.24) is 0 Å². The van der Waals surface area contributed by atoms with Crippen molar-refractivity contribution in [1.29, 1.82) is 0 Å². The van der Waals surface area contributed by atoms with Crippen LogP contribution in [0.1, 0.15) is 53.0 Å². The molecule has 9 heteroatoms. The van der Waals surface area contributed by atoms with Gasteiger partial charge in [-0.05, 0) is 30.3 Å². The standard InChI is InChI=1S/C12H20O4Si.C6H6O4/c1-12(2,3)17(4,5)16-8-9-6-10(11(13)14)15-7-9;7-2-4-1-5(6(8)9)10-3-4/h6-7H,8H2,1-5H3,(H,13,14);1,3,7H,2H2,(H,8,9). The van der Waals surface area contributed by atoms with Gasteiger partial charge in [0.2, 0.25) is 11.5 Å². The highest BCUT2D eigenvalue weighted by Gasteiger charge is 2.37. The lowest BCUT2D eigenvalue weighted by molar-refractivity contribution is 0.0652. The molecule has 2 aromatic rings. The summed E-state index contributed by atoms with van der Waals surface area (Å²) in [7, 11) is -1.79. The van der Waals surface area contributed by atoms with Gasteiger partial charge in [-0.25, -0.2) is 9.59 Å². The maximum atomic E-state index is 10.6. The van der Waals surface area contributed by atoms with Crippen molar-refractivity contribution in [2.45, 2.75) is 52.1 Å². The molecule has 27 heavy (non-hydrogen) atoms. The van der Waals surface area contributed by atoms with Crippen LogP contribution in [0.15, 0.2) is 33.5 Å². The maximum absolute atomic E-state index is 10.6. The average Bonchev–Trinajstić information content (AvgIpc) is 3.22. The number of aromatic carboxylic acids is 2. The van der Waals surface area contributed by atoms with Crippen LogP contribution in [-0.2, 0) is 17.6 Å². The van der Waals surface area contributed by atoms with Crippen LogP contribution in [0.4, 0.5) is 0 Å². The van der Waals surface area contributed by atoms with Crippen molar-refractivity contribution in [2.24, 2.45) is 0 Å². The van der Waals surface area contributed by atoms with Gasteiger partial charge >= 0.3 is 11.9 Å². The van der Waals surface area contributed by atoms with Gasteiger partial charge in [-0.1, -0.05) is 20.8 Å². The highest BCUT2D eigenvalue weighted by Crippen LogP contribution is 2.37. The number of hydrogen-bond donors (Lipinski definition) is 3. The molecule has 0 fully saturated rings. The van der Waals surface area contributed by atoms with E-state index in [0.29, 0.717) is 12.2 Å². The Morgan fingerprint density at radius 3 is 1.78 bits per heavy atom. The fourth-order valence-corrected chi connectivity index (χ4v) is 2.57. The molecule has 2 rings (SSSR count). The number of furan rings is 2. The molecule has 0 bridgehead atoms. The molecule has 0 amide bonds. The lowest BCUT2D eigenvalue weighted by Crippen LogP contribution is -2.40. The van der Waals surface area contributed by atoms with Crippen LogP contribution in [0, 0.1) is 0 Å². The molecule has 3 N–H and O–H groups in total. The monoisotopic (exact) mass is 398 g/mol. The van der Waals surface area contributed by atoms with Crippen LogP contribution >= 0.6 is 0 Å². The summed E-state index contributed by atoms with van der Waals surface area (Å²) in [6, 6.07) is 2.79. The molecular weight excluding hydrogens is 372 g/mol. The highest BCUT2D eigenvalue weighted by molar-refractivity contribution is 6.74. The van der Waals surface area contributed by atoms with Crippen LogP contribution < -0.4 is 0 Å². The summed E-state index contributed by atoms with van der Waals surface area (Å²) in [6.07, 6.45) is 2.65. The van der Waals surface area contributed by atoms with Gasteiger partial charge in [0, 0.05) is 11.1 Å². The van der Waals surface area contributed by atoms with Gasteiger partial charge in [0.05, 0.1) is 25.7 Å². The Morgan fingerprint density at radius 2 is 1.44 bits per heavy atom. The molecule has 0 atom stereocenters. The van der Waals surface area contributed by atoms with E-state index in [2.05, 4.69) is 38.3 Å². The largest absolute Gasteiger partial charge is 0.475 e. The fourth-order valence-electron chi connectivity index (χ4n) is 1.61. The average molecular weight is 398 g/mol. The number of aliphatic hydroxyl groups is 1. The SMILES string of the molecule is CC(C)(C)[Si](C)(C)OCc1coc(C(=O)O)c1.O=C(O)c1cc(CO)co1. The molecule has 0 aliphatic heterocycles. The summed E-state index contributed by atoms with van der Waals surface area (Å²) in [5.74, 6) is -2.37. The minimum absolute atomic E-state index is 0.0427. The van der Waals surface area contributed by atoms with Crippen LogP contribution in [0.5, 0.6) is 0 Å². The quantitative estimate of drug-likeness (QED) is 0.623. The first-order chi connectivity index (χ1) is 12.4. The van der Waals surface area contributed by atoms with Gasteiger partial charge < -0.3 is 28.6 Å². The van der Waals surface area contributed by atoms with E-state index in [1.807, 2.05) is 0 Å². The Balaban J connectivity index is 0.000000309. The highest BCUT2D eigenvalue weighted by atomic mass is 28.4. The third-order valence-electron chi connectivity index (χ3n) is 4.32. The number of carbonyl (C=O) groups is 2. The number of aliphatic hydroxyl groups excluding tert-OH is 1. The van der Waals surface area contributed by atoms with E-state index in [-0.39, 0.29) is 23.2 Å². The van der Waals surface area contributed by atoms with Crippen LogP contribution in [0.3, 0.4) is 0 Å². The first-order valence-electron chi connectivity index (χ1n) is 8.23. The second kappa shape index (κ2) is 9.02. The van der Waals surface area contributed by atoms with E-state index in [4.69, 9.17) is 24.2 Å². The molecule has 0 radical (unpaired) electrons. The Kier molecular flexibility index (Phi) is 7.58. The van der Waals surface area contributed by atoms with E-state index >= 15 is 0 Å². The summed E-state index contributed by atoms with van der Waals surface area (Å²) >= 11 is 0. The molecule has 2 heterocycles. The molecule has 0 spiro atoms. The Bertz CT molecular complexity index is 766. The lowest BCUT2D eigenvalue weighted by atomic mass is 10.2. The molecule has 0 saturated heterocycles. The van der Waals surface area contributed by atoms with Gasteiger partial charge in [0.15, 0.2) is 8.32 Å². The third-order valence-corrected chi connectivity index (χ3v) is 8.80. The zero-order valence-electron chi connectivity index (χ0n) is 16.1. The smallest absolute Gasteiger partial charge is 0.371 e. The minimum atomic E-state index is -1.79. The minimum Gasteiger partial charge on any atom is -0.475 e. The van der Waals surface area contributed by atoms with Crippen molar-refractivity contribution in [3.8, 4) is 0 Å². The number of hydrogen-bond acceptors (Lipinski definition) is 6.